The summed E-state index contributed by atoms with van der Waals surface area (Å²) < 4.78 is 5.06. The average molecular weight is 809 g/mol. The molecule has 62 heavy (non-hydrogen) atoms. The van der Waals surface area contributed by atoms with E-state index in [4.69, 9.17) is 15.0 Å². The largest absolute Gasteiger partial charge is 0.309 e. The Bertz CT molecular complexity index is 3610. The highest BCUT2D eigenvalue weighted by Gasteiger charge is 2.20. The molecule has 0 radical (unpaired) electrons. The van der Waals surface area contributed by atoms with Gasteiger partial charge < -0.3 is 4.57 Å². The minimum Gasteiger partial charge on any atom is -0.309 e. The summed E-state index contributed by atoms with van der Waals surface area (Å²) in [5, 5.41) is 5.17. The van der Waals surface area contributed by atoms with Gasteiger partial charge in [0.25, 0.3) is 0 Å². The van der Waals surface area contributed by atoms with Crippen LogP contribution in [0.25, 0.3) is 115 Å². The van der Waals surface area contributed by atoms with Crippen molar-refractivity contribution in [2.75, 3.05) is 0 Å². The van der Waals surface area contributed by atoms with E-state index in [1.54, 1.807) is 0 Å². The molecule has 4 nitrogen and oxygen atoms in total. The molecule has 0 aliphatic heterocycles. The first-order valence-electron chi connectivity index (χ1n) is 20.8. The first-order chi connectivity index (χ1) is 30.7. The van der Waals surface area contributed by atoms with Gasteiger partial charge in [0.15, 0.2) is 17.5 Å². The van der Waals surface area contributed by atoms with Crippen LogP contribution in [0, 0.1) is 0 Å². The molecular formula is C57H36N4S. The Morgan fingerprint density at radius 3 is 1.48 bits per heavy atom. The number of fused-ring (bicyclic) bond motifs is 7. The highest BCUT2D eigenvalue weighted by atomic mass is 32.1. The van der Waals surface area contributed by atoms with Crippen LogP contribution >= 0.6 is 11.3 Å². The first-order valence-corrected chi connectivity index (χ1v) is 21.7. The van der Waals surface area contributed by atoms with Crippen LogP contribution in [-0.2, 0) is 0 Å². The van der Waals surface area contributed by atoms with Crippen LogP contribution in [0.1, 0.15) is 0 Å². The second kappa shape index (κ2) is 14.9. The highest BCUT2D eigenvalue weighted by molar-refractivity contribution is 7.26. The lowest BCUT2D eigenvalue weighted by atomic mass is 9.96. The average Bonchev–Trinajstić information content (AvgIpc) is 3.90. The van der Waals surface area contributed by atoms with Gasteiger partial charge in [-0.15, -0.1) is 11.3 Å². The molecule has 290 valence electrons. The topological polar surface area (TPSA) is 43.6 Å². The number of thiophene rings is 1. The number of aromatic nitrogens is 4. The lowest BCUT2D eigenvalue weighted by Gasteiger charge is -2.15. The lowest BCUT2D eigenvalue weighted by Crippen LogP contribution is -2.00. The van der Waals surface area contributed by atoms with Crippen LogP contribution in [-0.4, -0.2) is 19.5 Å². The van der Waals surface area contributed by atoms with Crippen LogP contribution in [0.5, 0.6) is 0 Å². The predicted octanol–water partition coefficient (Wildman–Crippen LogP) is 15.3. The summed E-state index contributed by atoms with van der Waals surface area (Å²) in [4.78, 5) is 15.3. The van der Waals surface area contributed by atoms with Crippen molar-refractivity contribution in [2.45, 2.75) is 0 Å². The van der Waals surface area contributed by atoms with Crippen molar-refractivity contribution in [1.82, 2.24) is 19.5 Å². The third-order valence-electron chi connectivity index (χ3n) is 11.8. The Morgan fingerprint density at radius 1 is 0.290 bits per heavy atom. The SMILES string of the molecule is c1ccc(-c2ccc(-c3nc(-c4ccccc4)nc(-c4cccc(-c5cc(-c6ccccc6)cc(-n6c7ccccc7c7c8c(ccc76)sc6ccccc68)c5)c4)n3)cc2)cc1. The normalized spacial score (nSPS) is 11.5. The second-order valence-electron chi connectivity index (χ2n) is 15.6. The number of hydrogen-bond donors (Lipinski definition) is 0. The van der Waals surface area contributed by atoms with Gasteiger partial charge in [0.05, 0.1) is 11.0 Å². The van der Waals surface area contributed by atoms with Crippen molar-refractivity contribution in [2.24, 2.45) is 0 Å². The molecule has 0 N–H and O–H groups in total. The standard InChI is InChI=1S/C57H36N4S/c1-4-15-37(16-5-1)39-27-29-41(30-28-39)56-58-55(40-19-8-3-9-20-40)59-57(60-56)43-22-14-21-42(33-43)45-34-44(38-17-6-2-7-18-38)35-46(36-45)61-49-25-12-10-23-47(49)53-50(61)31-32-52-54(53)48-24-11-13-26-51(48)62-52/h1-36H. The van der Waals surface area contributed by atoms with Gasteiger partial charge in [0.2, 0.25) is 0 Å². The molecule has 0 saturated carbocycles. The van der Waals surface area contributed by atoms with Crippen LogP contribution in [0.3, 0.4) is 0 Å². The van der Waals surface area contributed by atoms with Gasteiger partial charge >= 0.3 is 0 Å². The zero-order valence-electron chi connectivity index (χ0n) is 33.5. The highest BCUT2D eigenvalue weighted by Crippen LogP contribution is 2.44. The summed E-state index contributed by atoms with van der Waals surface area (Å²) in [5.74, 6) is 1.89. The molecule has 9 aromatic carbocycles. The molecule has 0 aliphatic rings. The smallest absolute Gasteiger partial charge is 0.164 e. The Hall–Kier alpha value is -7.99. The van der Waals surface area contributed by atoms with Gasteiger partial charge in [0, 0.05) is 53.3 Å². The summed E-state index contributed by atoms with van der Waals surface area (Å²) >= 11 is 1.86. The fourth-order valence-corrected chi connectivity index (χ4v) is 10.0. The van der Waals surface area contributed by atoms with Gasteiger partial charge in [0.1, 0.15) is 0 Å². The molecule has 0 saturated heterocycles. The van der Waals surface area contributed by atoms with E-state index in [1.807, 2.05) is 35.6 Å². The molecule has 12 aromatic rings. The van der Waals surface area contributed by atoms with E-state index in [2.05, 4.69) is 199 Å². The van der Waals surface area contributed by atoms with E-state index in [0.717, 1.165) is 50.2 Å². The van der Waals surface area contributed by atoms with E-state index in [1.165, 1.54) is 47.5 Å². The quantitative estimate of drug-likeness (QED) is 0.161. The predicted molar refractivity (Wildman–Crippen MR) is 260 cm³/mol. The molecule has 0 atom stereocenters. The van der Waals surface area contributed by atoms with Gasteiger partial charge in [-0.1, -0.05) is 170 Å². The summed E-state index contributed by atoms with van der Waals surface area (Å²) in [7, 11) is 0. The Balaban J connectivity index is 1.03. The maximum absolute atomic E-state index is 5.14. The van der Waals surface area contributed by atoms with Crippen molar-refractivity contribution in [3.8, 4) is 73.2 Å². The summed E-state index contributed by atoms with van der Waals surface area (Å²) in [5.41, 5.74) is 13.0. The second-order valence-corrected chi connectivity index (χ2v) is 16.7. The first kappa shape index (κ1) is 35.9. The lowest BCUT2D eigenvalue weighted by molar-refractivity contribution is 1.07. The number of nitrogens with zero attached hydrogens (tertiary/aromatic N) is 4. The van der Waals surface area contributed by atoms with Gasteiger partial charge in [-0.05, 0) is 81.9 Å². The summed E-state index contributed by atoms with van der Waals surface area (Å²) in [6.07, 6.45) is 0. The number of hydrogen-bond acceptors (Lipinski definition) is 4. The molecule has 0 fully saturated rings. The molecule has 0 bridgehead atoms. The van der Waals surface area contributed by atoms with E-state index < -0.39 is 0 Å². The van der Waals surface area contributed by atoms with Gasteiger partial charge in [-0.25, -0.2) is 15.0 Å². The van der Waals surface area contributed by atoms with E-state index in [9.17, 15) is 0 Å². The van der Waals surface area contributed by atoms with E-state index in [-0.39, 0.29) is 0 Å². The minimum absolute atomic E-state index is 0.622. The molecule has 0 amide bonds. The van der Waals surface area contributed by atoms with Crippen molar-refractivity contribution in [1.29, 1.82) is 0 Å². The molecule has 3 aromatic heterocycles. The maximum Gasteiger partial charge on any atom is 0.164 e. The molecule has 3 heterocycles. The van der Waals surface area contributed by atoms with Gasteiger partial charge in [-0.3, -0.25) is 0 Å². The van der Waals surface area contributed by atoms with Crippen molar-refractivity contribution in [3.05, 3.63) is 218 Å². The van der Waals surface area contributed by atoms with Gasteiger partial charge in [-0.2, -0.15) is 0 Å². The third-order valence-corrected chi connectivity index (χ3v) is 13.0. The van der Waals surface area contributed by atoms with Crippen LogP contribution in [0.2, 0.25) is 0 Å². The molecule has 0 unspecified atom stereocenters. The third kappa shape index (κ3) is 6.26. The number of benzene rings is 9. The monoisotopic (exact) mass is 808 g/mol. The maximum atomic E-state index is 5.14. The molecule has 0 spiro atoms. The van der Waals surface area contributed by atoms with Crippen molar-refractivity contribution < 1.29 is 0 Å². The Labute approximate surface area is 362 Å². The molecule has 0 aliphatic carbocycles. The zero-order valence-corrected chi connectivity index (χ0v) is 34.3. The Morgan fingerprint density at radius 2 is 0.774 bits per heavy atom. The molecular weight excluding hydrogens is 773 g/mol. The fourth-order valence-electron chi connectivity index (χ4n) is 8.89. The number of rotatable bonds is 7. The fraction of sp³-hybridized carbons (Fsp3) is 0. The summed E-state index contributed by atoms with van der Waals surface area (Å²) in [6, 6.07) is 77.5. The van der Waals surface area contributed by atoms with Crippen LogP contribution < -0.4 is 0 Å². The Kier molecular flexibility index (Phi) is 8.65. The van der Waals surface area contributed by atoms with Crippen LogP contribution in [0.4, 0.5) is 0 Å². The molecule has 12 rings (SSSR count). The zero-order chi connectivity index (χ0) is 41.0. The van der Waals surface area contributed by atoms with E-state index >= 15 is 0 Å². The number of para-hydroxylation sites is 1. The summed E-state index contributed by atoms with van der Waals surface area (Å²) in [6.45, 7) is 0. The van der Waals surface area contributed by atoms with Crippen molar-refractivity contribution in [3.63, 3.8) is 0 Å². The van der Waals surface area contributed by atoms with Crippen LogP contribution in [0.15, 0.2) is 218 Å². The minimum atomic E-state index is 0.622. The molecule has 5 heteroatoms. The van der Waals surface area contributed by atoms with Crippen molar-refractivity contribution >= 4 is 53.3 Å². The van der Waals surface area contributed by atoms with E-state index in [0.29, 0.717) is 17.5 Å².